The molecule has 0 saturated carbocycles. The molecule has 0 bridgehead atoms. The molecule has 24 heavy (non-hydrogen) atoms. The zero-order valence-corrected chi connectivity index (χ0v) is 13.0. The Morgan fingerprint density at radius 1 is 1.00 bits per heavy atom. The smallest absolute Gasteiger partial charge is 0.229 e. The average Bonchev–Trinajstić information content (AvgIpc) is 3.05. The monoisotopic (exact) mass is 317 g/mol. The standard InChI is InChI=1S/C18H15N5O/c1-24-15-10-6-5-9-13(15)16-14-11-19-18(21-17(14)23-22-16)20-12-7-3-2-4-8-12/h2-11H,1H3,(H2,19,20,21,22,23). The minimum absolute atomic E-state index is 0.518. The Balaban J connectivity index is 1.73. The number of hydrogen-bond acceptors (Lipinski definition) is 5. The molecule has 0 radical (unpaired) electrons. The van der Waals surface area contributed by atoms with Crippen LogP contribution in [0.1, 0.15) is 0 Å². The van der Waals surface area contributed by atoms with E-state index < -0.39 is 0 Å². The third-order valence-corrected chi connectivity index (χ3v) is 3.71. The molecular formula is C18H15N5O. The maximum atomic E-state index is 5.41. The molecule has 0 amide bonds. The third-order valence-electron chi connectivity index (χ3n) is 3.71. The fourth-order valence-electron chi connectivity index (χ4n) is 2.57. The van der Waals surface area contributed by atoms with Gasteiger partial charge in [-0.05, 0) is 24.3 Å². The van der Waals surface area contributed by atoms with Gasteiger partial charge in [0.25, 0.3) is 0 Å². The molecule has 4 aromatic rings. The molecule has 6 heteroatoms. The number of methoxy groups -OCH3 is 1. The van der Waals surface area contributed by atoms with E-state index in [1.807, 2.05) is 54.6 Å². The Bertz CT molecular complexity index is 981. The van der Waals surface area contributed by atoms with Crippen LogP contribution < -0.4 is 10.1 Å². The summed E-state index contributed by atoms with van der Waals surface area (Å²) in [6.07, 6.45) is 1.76. The average molecular weight is 317 g/mol. The van der Waals surface area contributed by atoms with E-state index in [0.717, 1.165) is 28.1 Å². The third kappa shape index (κ3) is 2.54. The van der Waals surface area contributed by atoms with Crippen LogP contribution in [0.2, 0.25) is 0 Å². The lowest BCUT2D eigenvalue weighted by molar-refractivity contribution is 0.416. The number of para-hydroxylation sites is 2. The Morgan fingerprint density at radius 3 is 2.62 bits per heavy atom. The number of fused-ring (bicyclic) bond motifs is 1. The van der Waals surface area contributed by atoms with E-state index >= 15 is 0 Å². The highest BCUT2D eigenvalue weighted by molar-refractivity contribution is 5.92. The van der Waals surface area contributed by atoms with E-state index in [4.69, 9.17) is 4.74 Å². The molecule has 6 nitrogen and oxygen atoms in total. The highest BCUT2D eigenvalue weighted by Gasteiger charge is 2.14. The Morgan fingerprint density at radius 2 is 1.79 bits per heavy atom. The number of anilines is 2. The number of rotatable bonds is 4. The maximum absolute atomic E-state index is 5.41. The van der Waals surface area contributed by atoms with Crippen LogP contribution in [-0.4, -0.2) is 27.3 Å². The van der Waals surface area contributed by atoms with Crippen LogP contribution >= 0.6 is 0 Å². The Labute approximate surface area is 138 Å². The summed E-state index contributed by atoms with van der Waals surface area (Å²) < 4.78 is 5.41. The normalized spacial score (nSPS) is 10.7. The molecule has 0 aliphatic rings. The summed E-state index contributed by atoms with van der Waals surface area (Å²) in [5.41, 5.74) is 3.28. The molecule has 4 rings (SSSR count). The highest BCUT2D eigenvalue weighted by atomic mass is 16.5. The molecule has 2 N–H and O–H groups in total. The number of aromatic nitrogens is 4. The maximum Gasteiger partial charge on any atom is 0.229 e. The summed E-state index contributed by atoms with van der Waals surface area (Å²) in [7, 11) is 1.64. The fraction of sp³-hybridized carbons (Fsp3) is 0.0556. The van der Waals surface area contributed by atoms with Gasteiger partial charge in [0.1, 0.15) is 11.4 Å². The van der Waals surface area contributed by atoms with Crippen molar-refractivity contribution in [1.82, 2.24) is 20.2 Å². The second-order valence-corrected chi connectivity index (χ2v) is 5.22. The molecule has 0 saturated heterocycles. The first-order chi connectivity index (χ1) is 11.8. The molecule has 0 atom stereocenters. The fourth-order valence-corrected chi connectivity index (χ4v) is 2.57. The lowest BCUT2D eigenvalue weighted by atomic mass is 10.1. The lowest BCUT2D eigenvalue weighted by Crippen LogP contribution is -1.96. The number of ether oxygens (including phenoxy) is 1. The van der Waals surface area contributed by atoms with Crippen molar-refractivity contribution in [3.8, 4) is 17.0 Å². The van der Waals surface area contributed by atoms with Crippen molar-refractivity contribution in [3.05, 3.63) is 60.8 Å². The van der Waals surface area contributed by atoms with Crippen molar-refractivity contribution >= 4 is 22.7 Å². The number of benzene rings is 2. The summed E-state index contributed by atoms with van der Waals surface area (Å²) in [5, 5.41) is 11.4. The number of hydrogen-bond donors (Lipinski definition) is 2. The van der Waals surface area contributed by atoms with Gasteiger partial charge in [0.05, 0.1) is 12.5 Å². The number of nitrogens with one attached hydrogen (secondary N) is 2. The molecule has 2 aromatic carbocycles. The largest absolute Gasteiger partial charge is 0.496 e. The molecule has 0 aliphatic carbocycles. The summed E-state index contributed by atoms with van der Waals surface area (Å²) in [6.45, 7) is 0. The first kappa shape index (κ1) is 14.2. The molecule has 0 unspecified atom stereocenters. The molecule has 0 fully saturated rings. The second kappa shape index (κ2) is 6.00. The summed E-state index contributed by atoms with van der Waals surface area (Å²) in [6, 6.07) is 17.5. The predicted molar refractivity (Wildman–Crippen MR) is 93.4 cm³/mol. The molecule has 0 spiro atoms. The van der Waals surface area contributed by atoms with Crippen molar-refractivity contribution in [1.29, 1.82) is 0 Å². The summed E-state index contributed by atoms with van der Waals surface area (Å²) in [4.78, 5) is 8.88. The van der Waals surface area contributed by atoms with Crippen LogP contribution in [0, 0.1) is 0 Å². The van der Waals surface area contributed by atoms with Crippen molar-refractivity contribution in [2.45, 2.75) is 0 Å². The topological polar surface area (TPSA) is 75.7 Å². The van der Waals surface area contributed by atoms with Crippen molar-refractivity contribution in [2.24, 2.45) is 0 Å². The number of H-pyrrole nitrogens is 1. The highest BCUT2D eigenvalue weighted by Crippen LogP contribution is 2.32. The molecule has 2 heterocycles. The van der Waals surface area contributed by atoms with Gasteiger partial charge >= 0.3 is 0 Å². The van der Waals surface area contributed by atoms with Crippen LogP contribution in [0.4, 0.5) is 11.6 Å². The van der Waals surface area contributed by atoms with Crippen LogP contribution in [0.3, 0.4) is 0 Å². The molecule has 118 valence electrons. The lowest BCUT2D eigenvalue weighted by Gasteiger charge is -2.06. The van der Waals surface area contributed by atoms with Gasteiger partial charge in [0.2, 0.25) is 5.95 Å². The zero-order valence-electron chi connectivity index (χ0n) is 13.0. The van der Waals surface area contributed by atoms with E-state index in [2.05, 4.69) is 25.5 Å². The van der Waals surface area contributed by atoms with Crippen molar-refractivity contribution in [2.75, 3.05) is 12.4 Å². The summed E-state index contributed by atoms with van der Waals surface area (Å²) in [5.74, 6) is 1.28. The molecule has 2 aromatic heterocycles. The van der Waals surface area contributed by atoms with Gasteiger partial charge < -0.3 is 10.1 Å². The van der Waals surface area contributed by atoms with Gasteiger partial charge in [0, 0.05) is 17.4 Å². The van der Waals surface area contributed by atoms with Crippen LogP contribution in [0.15, 0.2) is 60.8 Å². The number of aromatic amines is 1. The minimum Gasteiger partial charge on any atom is -0.496 e. The molecular weight excluding hydrogens is 302 g/mol. The van der Waals surface area contributed by atoms with E-state index in [-0.39, 0.29) is 0 Å². The van der Waals surface area contributed by atoms with Gasteiger partial charge in [-0.15, -0.1) is 0 Å². The quantitative estimate of drug-likeness (QED) is 0.599. The summed E-state index contributed by atoms with van der Waals surface area (Å²) >= 11 is 0. The van der Waals surface area contributed by atoms with Gasteiger partial charge in [0.15, 0.2) is 5.65 Å². The second-order valence-electron chi connectivity index (χ2n) is 5.22. The van der Waals surface area contributed by atoms with Crippen molar-refractivity contribution < 1.29 is 4.74 Å². The van der Waals surface area contributed by atoms with E-state index in [0.29, 0.717) is 11.6 Å². The van der Waals surface area contributed by atoms with Crippen LogP contribution in [0.25, 0.3) is 22.3 Å². The first-order valence-corrected chi connectivity index (χ1v) is 7.52. The van der Waals surface area contributed by atoms with Gasteiger partial charge in [-0.1, -0.05) is 30.3 Å². The van der Waals surface area contributed by atoms with Crippen LogP contribution in [-0.2, 0) is 0 Å². The van der Waals surface area contributed by atoms with E-state index in [1.165, 1.54) is 0 Å². The SMILES string of the molecule is COc1ccccc1-c1n[nH]c2nc(Nc3ccccc3)ncc12. The zero-order chi connectivity index (χ0) is 16.4. The van der Waals surface area contributed by atoms with Gasteiger partial charge in [-0.25, -0.2) is 4.98 Å². The van der Waals surface area contributed by atoms with Crippen LogP contribution in [0.5, 0.6) is 5.75 Å². The van der Waals surface area contributed by atoms with E-state index in [9.17, 15) is 0 Å². The van der Waals surface area contributed by atoms with Crippen molar-refractivity contribution in [3.63, 3.8) is 0 Å². The Hall–Kier alpha value is -3.41. The predicted octanol–water partition coefficient (Wildman–Crippen LogP) is 3.77. The first-order valence-electron chi connectivity index (χ1n) is 7.52. The van der Waals surface area contributed by atoms with E-state index in [1.54, 1.807) is 13.3 Å². The van der Waals surface area contributed by atoms with Gasteiger partial charge in [-0.2, -0.15) is 10.1 Å². The Kier molecular flexibility index (Phi) is 3.55. The number of nitrogens with zero attached hydrogens (tertiary/aromatic N) is 3. The minimum atomic E-state index is 0.518. The van der Waals surface area contributed by atoms with Gasteiger partial charge in [-0.3, -0.25) is 5.10 Å². The molecule has 0 aliphatic heterocycles.